The van der Waals surface area contributed by atoms with Crippen molar-refractivity contribution in [1.82, 2.24) is 5.32 Å². The molecular weight excluding hydrogens is 270 g/mol. The topological polar surface area (TPSA) is 55.4 Å². The molecule has 0 unspecified atom stereocenters. The first-order valence-corrected chi connectivity index (χ1v) is 8.72. The van der Waals surface area contributed by atoms with Gasteiger partial charge in [0.15, 0.2) is 0 Å². The van der Waals surface area contributed by atoms with Crippen LogP contribution in [0.4, 0.5) is 0 Å². The Hall–Kier alpha value is -0.360. The number of amides is 1. The van der Waals surface area contributed by atoms with Crippen LogP contribution < -0.4 is 5.32 Å². The van der Waals surface area contributed by atoms with Gasteiger partial charge in [-0.25, -0.2) is 0 Å². The average molecular weight is 291 g/mol. The van der Waals surface area contributed by atoms with Gasteiger partial charge < -0.3 is 10.1 Å². The molecule has 1 rings (SSSR count). The van der Waals surface area contributed by atoms with E-state index in [0.29, 0.717) is 13.0 Å². The molecule has 1 aliphatic heterocycles. The summed E-state index contributed by atoms with van der Waals surface area (Å²) in [6.45, 7) is 0.376. The minimum atomic E-state index is -0.286. The monoisotopic (exact) mass is 291 g/mol. The summed E-state index contributed by atoms with van der Waals surface area (Å²) >= 11 is 0. The van der Waals surface area contributed by atoms with Gasteiger partial charge in [-0.3, -0.25) is 9.59 Å². The highest BCUT2D eigenvalue weighted by Crippen LogP contribution is 2.39. The van der Waals surface area contributed by atoms with Crippen LogP contribution in [-0.2, 0) is 14.3 Å². The molecule has 1 atom stereocenters. The number of carbonyl (C=O) groups is 2. The third kappa shape index (κ3) is 7.16. The second kappa shape index (κ2) is 9.55. The smallest absolute Gasteiger partial charge is 0.307 e. The fourth-order valence-corrected chi connectivity index (χ4v) is 4.74. The Morgan fingerprint density at radius 1 is 1.33 bits per heavy atom. The fraction of sp³-hybridized carbons (Fsp3) is 0.833. The molecule has 0 bridgehead atoms. The van der Waals surface area contributed by atoms with E-state index in [1.807, 2.05) is 21.6 Å². The first-order valence-electron chi connectivity index (χ1n) is 6.34. The molecule has 6 heteroatoms. The summed E-state index contributed by atoms with van der Waals surface area (Å²) in [4.78, 5) is 22.3. The molecule has 1 fully saturated rings. The number of esters is 1. The summed E-state index contributed by atoms with van der Waals surface area (Å²) in [5, 5.41) is 3.52. The van der Waals surface area contributed by atoms with Crippen LogP contribution in [0.3, 0.4) is 0 Å². The van der Waals surface area contributed by atoms with Gasteiger partial charge in [-0.05, 0) is 19.3 Å². The molecule has 0 saturated carbocycles. The molecule has 18 heavy (non-hydrogen) atoms. The Labute approximate surface area is 116 Å². The normalized spacial score (nSPS) is 18.6. The molecule has 0 aromatic carbocycles. The number of unbranched alkanes of at least 4 members (excludes halogenated alkanes) is 1. The fourth-order valence-electron chi connectivity index (χ4n) is 1.72. The zero-order valence-corrected chi connectivity index (χ0v) is 12.4. The van der Waals surface area contributed by atoms with Crippen molar-refractivity contribution < 1.29 is 14.3 Å². The lowest BCUT2D eigenvalue weighted by Gasteiger charge is -2.07. The minimum absolute atomic E-state index is 0.0346. The highest BCUT2D eigenvalue weighted by Gasteiger charge is 2.15. The lowest BCUT2D eigenvalue weighted by atomic mass is 10.1. The molecule has 1 amide bonds. The van der Waals surface area contributed by atoms with E-state index in [2.05, 4.69) is 10.1 Å². The number of nitrogens with one attached hydrogen (secondary N) is 1. The number of ether oxygens (including phenoxy) is 1. The minimum Gasteiger partial charge on any atom is -0.469 e. The third-order valence-corrected chi connectivity index (χ3v) is 5.79. The maximum Gasteiger partial charge on any atom is 0.307 e. The first-order chi connectivity index (χ1) is 8.72. The predicted octanol–water partition coefficient (Wildman–Crippen LogP) is 2.38. The molecule has 1 heterocycles. The van der Waals surface area contributed by atoms with Crippen LogP contribution in [-0.4, -0.2) is 36.5 Å². The van der Waals surface area contributed by atoms with Crippen LogP contribution in [0.1, 0.15) is 38.5 Å². The van der Waals surface area contributed by atoms with Gasteiger partial charge in [0.25, 0.3) is 0 Å². The first kappa shape index (κ1) is 15.7. The lowest BCUT2D eigenvalue weighted by Crippen LogP contribution is -2.26. The molecule has 4 nitrogen and oxygen atoms in total. The van der Waals surface area contributed by atoms with E-state index in [0.717, 1.165) is 18.1 Å². The third-order valence-electron chi connectivity index (χ3n) is 2.79. The van der Waals surface area contributed by atoms with Crippen LogP contribution in [0.15, 0.2) is 0 Å². The number of hydrogen-bond donors (Lipinski definition) is 1. The molecule has 1 N–H and O–H groups in total. The van der Waals surface area contributed by atoms with E-state index >= 15 is 0 Å². The van der Waals surface area contributed by atoms with Crippen LogP contribution in [0.25, 0.3) is 0 Å². The van der Waals surface area contributed by atoms with Crippen molar-refractivity contribution in [2.24, 2.45) is 0 Å². The summed E-state index contributed by atoms with van der Waals surface area (Å²) in [7, 11) is 5.29. The van der Waals surface area contributed by atoms with Crippen molar-refractivity contribution in [3.8, 4) is 0 Å². The molecule has 0 aromatic rings. The predicted molar refractivity (Wildman–Crippen MR) is 76.6 cm³/mol. The summed E-state index contributed by atoms with van der Waals surface area (Å²) in [5.74, 6) is 1.02. The summed E-state index contributed by atoms with van der Waals surface area (Å²) < 4.78 is 4.49. The number of rotatable bonds is 8. The van der Waals surface area contributed by atoms with Gasteiger partial charge in [0.05, 0.1) is 13.5 Å². The van der Waals surface area contributed by atoms with Crippen molar-refractivity contribution in [3.05, 3.63) is 0 Å². The van der Waals surface area contributed by atoms with Gasteiger partial charge in [0.1, 0.15) is 0 Å². The van der Waals surface area contributed by atoms with Crippen molar-refractivity contribution >= 4 is 33.5 Å². The number of carbonyl (C=O) groups excluding carboxylic acids is 2. The Kier molecular flexibility index (Phi) is 8.33. The molecule has 0 aromatic heterocycles. The summed E-state index contributed by atoms with van der Waals surface area (Å²) in [6.07, 6.45) is 5.38. The van der Waals surface area contributed by atoms with Crippen LogP contribution in [0, 0.1) is 0 Å². The summed E-state index contributed by atoms with van der Waals surface area (Å²) in [6, 6.07) is 0. The molecule has 104 valence electrons. The molecular formula is C12H21NO3S2. The Balaban J connectivity index is 1.91. The largest absolute Gasteiger partial charge is 0.469 e. The van der Waals surface area contributed by atoms with E-state index in [9.17, 15) is 9.59 Å². The number of hydrogen-bond acceptors (Lipinski definition) is 5. The van der Waals surface area contributed by atoms with Crippen molar-refractivity contribution in [2.75, 3.05) is 19.4 Å². The Morgan fingerprint density at radius 2 is 2.17 bits per heavy atom. The molecule has 0 radical (unpaired) electrons. The number of methoxy groups -OCH3 is 1. The van der Waals surface area contributed by atoms with Crippen molar-refractivity contribution in [1.29, 1.82) is 0 Å². The second-order valence-corrected chi connectivity index (χ2v) is 7.04. The maximum atomic E-state index is 11.4. The quantitative estimate of drug-likeness (QED) is 0.423. The van der Waals surface area contributed by atoms with Gasteiger partial charge in [-0.2, -0.15) is 0 Å². The zero-order chi connectivity index (χ0) is 13.2. The molecule has 0 aliphatic carbocycles. The van der Waals surface area contributed by atoms with Gasteiger partial charge in [0, 0.05) is 24.0 Å². The van der Waals surface area contributed by atoms with E-state index in [1.54, 1.807) is 0 Å². The zero-order valence-electron chi connectivity index (χ0n) is 10.8. The van der Waals surface area contributed by atoms with Crippen LogP contribution >= 0.6 is 21.6 Å². The Bertz CT molecular complexity index is 268. The van der Waals surface area contributed by atoms with E-state index in [1.165, 1.54) is 25.7 Å². The summed E-state index contributed by atoms with van der Waals surface area (Å²) in [5.41, 5.74) is 0. The lowest BCUT2D eigenvalue weighted by molar-refractivity contribution is -0.140. The standard InChI is InChI=1S/C12H21NO3S2/c1-16-12(15)6-8-13-11(14)5-3-2-4-10-7-9-17-18-10/h10H,2-9H2,1H3,(H,13,14)/t10-/m0/s1. The highest BCUT2D eigenvalue weighted by atomic mass is 33.1. The van der Waals surface area contributed by atoms with Gasteiger partial charge in [-0.15, -0.1) is 0 Å². The molecule has 1 aliphatic rings. The van der Waals surface area contributed by atoms with Gasteiger partial charge in [-0.1, -0.05) is 28.0 Å². The average Bonchev–Trinajstić information content (AvgIpc) is 2.87. The molecule has 1 saturated heterocycles. The van der Waals surface area contributed by atoms with Crippen molar-refractivity contribution in [2.45, 2.75) is 43.8 Å². The highest BCUT2D eigenvalue weighted by molar-refractivity contribution is 8.77. The van der Waals surface area contributed by atoms with Crippen molar-refractivity contribution in [3.63, 3.8) is 0 Å². The van der Waals surface area contributed by atoms with Gasteiger partial charge >= 0.3 is 5.97 Å². The SMILES string of the molecule is COC(=O)CCNC(=O)CCCC[C@H]1CCSS1. The van der Waals surface area contributed by atoms with Gasteiger partial charge in [0.2, 0.25) is 5.91 Å². The maximum absolute atomic E-state index is 11.4. The van der Waals surface area contributed by atoms with E-state index in [4.69, 9.17) is 0 Å². The van der Waals surface area contributed by atoms with E-state index in [-0.39, 0.29) is 18.3 Å². The van der Waals surface area contributed by atoms with Crippen LogP contribution in [0.5, 0.6) is 0 Å². The Morgan fingerprint density at radius 3 is 2.83 bits per heavy atom. The molecule has 0 spiro atoms. The second-order valence-electron chi connectivity index (χ2n) is 4.25. The van der Waals surface area contributed by atoms with Crippen LogP contribution in [0.2, 0.25) is 0 Å². The van der Waals surface area contributed by atoms with E-state index < -0.39 is 0 Å².